The molecular formula is C12H14N4S. The topological polar surface area (TPSA) is 50.7 Å². The van der Waals surface area contributed by atoms with E-state index in [1.54, 1.807) is 24.2 Å². The zero-order valence-electron chi connectivity index (χ0n) is 9.84. The summed E-state index contributed by atoms with van der Waals surface area (Å²) in [7, 11) is 1.86. The molecule has 0 aromatic carbocycles. The van der Waals surface area contributed by atoms with Gasteiger partial charge in [0.2, 0.25) is 0 Å². The third-order valence-corrected chi connectivity index (χ3v) is 3.18. The molecule has 0 aliphatic rings. The van der Waals surface area contributed by atoms with E-state index in [0.717, 1.165) is 23.1 Å². The highest BCUT2D eigenvalue weighted by Crippen LogP contribution is 2.20. The van der Waals surface area contributed by atoms with Gasteiger partial charge in [0.15, 0.2) is 0 Å². The molecule has 2 heterocycles. The molecule has 2 aromatic rings. The third-order valence-electron chi connectivity index (χ3n) is 2.17. The lowest BCUT2D eigenvalue weighted by atomic mass is 10.4. The number of anilines is 1. The van der Waals surface area contributed by atoms with Crippen LogP contribution in [-0.2, 0) is 5.75 Å². The molecule has 17 heavy (non-hydrogen) atoms. The summed E-state index contributed by atoms with van der Waals surface area (Å²) in [6.07, 6.45) is 3.58. The Hall–Kier alpha value is -1.62. The first-order chi connectivity index (χ1) is 8.28. The van der Waals surface area contributed by atoms with Crippen LogP contribution in [-0.4, -0.2) is 22.0 Å². The Morgan fingerprint density at radius 1 is 1.24 bits per heavy atom. The molecule has 0 spiro atoms. The molecule has 0 amide bonds. The fourth-order valence-electron chi connectivity index (χ4n) is 1.40. The van der Waals surface area contributed by atoms with Gasteiger partial charge >= 0.3 is 0 Å². The van der Waals surface area contributed by atoms with Crippen molar-refractivity contribution in [2.24, 2.45) is 0 Å². The van der Waals surface area contributed by atoms with Gasteiger partial charge in [0.1, 0.15) is 11.6 Å². The average Bonchev–Trinajstić information content (AvgIpc) is 2.37. The molecule has 0 aliphatic heterocycles. The zero-order chi connectivity index (χ0) is 12.1. The molecule has 88 valence electrons. The van der Waals surface area contributed by atoms with Gasteiger partial charge in [-0.3, -0.25) is 4.98 Å². The largest absolute Gasteiger partial charge is 0.373 e. The Morgan fingerprint density at radius 3 is 2.71 bits per heavy atom. The van der Waals surface area contributed by atoms with Crippen LogP contribution >= 0.6 is 11.8 Å². The summed E-state index contributed by atoms with van der Waals surface area (Å²) in [4.78, 5) is 14.0. The van der Waals surface area contributed by atoms with E-state index in [0.29, 0.717) is 0 Å². The summed E-state index contributed by atoms with van der Waals surface area (Å²) >= 11 is 1.71. The number of nitrogens with zero attached hydrogens (tertiary/aromatic N) is 3. The van der Waals surface area contributed by atoms with Crippen LogP contribution in [0.15, 0.2) is 35.5 Å². The molecular weight excluding hydrogens is 232 g/mol. The number of thioether (sulfide) groups is 1. The van der Waals surface area contributed by atoms with Crippen molar-refractivity contribution in [3.05, 3.63) is 42.1 Å². The van der Waals surface area contributed by atoms with E-state index in [1.165, 1.54) is 4.90 Å². The molecule has 0 bridgehead atoms. The van der Waals surface area contributed by atoms with E-state index in [2.05, 4.69) is 20.3 Å². The molecule has 2 rings (SSSR count). The van der Waals surface area contributed by atoms with Crippen LogP contribution in [0.3, 0.4) is 0 Å². The fourth-order valence-corrected chi connectivity index (χ4v) is 2.14. The second-order valence-corrected chi connectivity index (χ2v) is 4.58. The van der Waals surface area contributed by atoms with Crippen molar-refractivity contribution in [1.82, 2.24) is 15.0 Å². The molecule has 0 atom stereocenters. The summed E-state index contributed by atoms with van der Waals surface area (Å²) in [5, 5.41) is 3.04. The standard InChI is InChI=1S/C12H14N4S/c1-9-7-11(13-2)16-12(15-9)8-17-10-3-5-14-6-4-10/h3-7H,8H2,1-2H3,(H,13,15,16). The Kier molecular flexibility index (Phi) is 3.93. The number of rotatable bonds is 4. The Labute approximate surface area is 105 Å². The second-order valence-electron chi connectivity index (χ2n) is 3.53. The quantitative estimate of drug-likeness (QED) is 0.840. The van der Waals surface area contributed by atoms with Crippen molar-refractivity contribution in [2.75, 3.05) is 12.4 Å². The highest BCUT2D eigenvalue weighted by molar-refractivity contribution is 7.98. The first-order valence-electron chi connectivity index (χ1n) is 5.33. The van der Waals surface area contributed by atoms with Gasteiger partial charge in [-0.05, 0) is 19.1 Å². The van der Waals surface area contributed by atoms with E-state index in [-0.39, 0.29) is 0 Å². The van der Waals surface area contributed by atoms with Crippen LogP contribution in [0.4, 0.5) is 5.82 Å². The van der Waals surface area contributed by atoms with E-state index in [1.807, 2.05) is 32.2 Å². The third kappa shape index (κ3) is 3.42. The van der Waals surface area contributed by atoms with Crippen LogP contribution < -0.4 is 5.32 Å². The molecule has 4 nitrogen and oxygen atoms in total. The van der Waals surface area contributed by atoms with Gasteiger partial charge in [0.05, 0.1) is 5.75 Å². The first kappa shape index (κ1) is 11.9. The van der Waals surface area contributed by atoms with Gasteiger partial charge in [-0.15, -0.1) is 11.8 Å². The predicted octanol–water partition coefficient (Wildman–Crippen LogP) is 2.51. The van der Waals surface area contributed by atoms with Gasteiger partial charge < -0.3 is 5.32 Å². The number of nitrogens with one attached hydrogen (secondary N) is 1. The Balaban J connectivity index is 2.06. The first-order valence-corrected chi connectivity index (χ1v) is 6.31. The number of aromatic nitrogens is 3. The summed E-state index contributed by atoms with van der Waals surface area (Å²) in [5.41, 5.74) is 0.981. The van der Waals surface area contributed by atoms with Crippen LogP contribution in [0.1, 0.15) is 11.5 Å². The fraction of sp³-hybridized carbons (Fsp3) is 0.250. The normalized spacial score (nSPS) is 10.2. The number of pyridine rings is 1. The van der Waals surface area contributed by atoms with Crippen molar-refractivity contribution in [3.63, 3.8) is 0 Å². The number of aryl methyl sites for hydroxylation is 1. The smallest absolute Gasteiger partial charge is 0.141 e. The number of hydrogen-bond donors (Lipinski definition) is 1. The lowest BCUT2D eigenvalue weighted by Gasteiger charge is -2.05. The van der Waals surface area contributed by atoms with Crippen molar-refractivity contribution < 1.29 is 0 Å². The highest BCUT2D eigenvalue weighted by atomic mass is 32.2. The Morgan fingerprint density at radius 2 is 2.00 bits per heavy atom. The van der Waals surface area contributed by atoms with Crippen LogP contribution in [0.5, 0.6) is 0 Å². The molecule has 0 radical (unpaired) electrons. The monoisotopic (exact) mass is 246 g/mol. The van der Waals surface area contributed by atoms with Crippen molar-refractivity contribution in [1.29, 1.82) is 0 Å². The molecule has 0 fully saturated rings. The van der Waals surface area contributed by atoms with Gasteiger partial charge in [-0.2, -0.15) is 0 Å². The van der Waals surface area contributed by atoms with E-state index in [9.17, 15) is 0 Å². The SMILES string of the molecule is CNc1cc(C)nc(CSc2ccncc2)n1. The van der Waals surface area contributed by atoms with Crippen LogP contribution in [0.25, 0.3) is 0 Å². The minimum absolute atomic E-state index is 0.764. The van der Waals surface area contributed by atoms with Crippen LogP contribution in [0, 0.1) is 6.92 Å². The molecule has 0 saturated carbocycles. The molecule has 2 aromatic heterocycles. The minimum Gasteiger partial charge on any atom is -0.373 e. The zero-order valence-corrected chi connectivity index (χ0v) is 10.7. The van der Waals surface area contributed by atoms with Crippen molar-refractivity contribution in [3.8, 4) is 0 Å². The predicted molar refractivity (Wildman–Crippen MR) is 70.1 cm³/mol. The van der Waals surface area contributed by atoms with E-state index in [4.69, 9.17) is 0 Å². The Bertz CT molecular complexity index is 487. The van der Waals surface area contributed by atoms with E-state index >= 15 is 0 Å². The summed E-state index contributed by atoms with van der Waals surface area (Å²) < 4.78 is 0. The maximum absolute atomic E-state index is 4.41. The van der Waals surface area contributed by atoms with Crippen LogP contribution in [0.2, 0.25) is 0 Å². The maximum Gasteiger partial charge on any atom is 0.141 e. The van der Waals surface area contributed by atoms with Gasteiger partial charge in [-0.1, -0.05) is 0 Å². The maximum atomic E-state index is 4.41. The van der Waals surface area contributed by atoms with Crippen molar-refractivity contribution >= 4 is 17.6 Å². The summed E-state index contributed by atoms with van der Waals surface area (Å²) in [6.45, 7) is 1.98. The van der Waals surface area contributed by atoms with Crippen molar-refractivity contribution in [2.45, 2.75) is 17.6 Å². The minimum atomic E-state index is 0.764. The van der Waals surface area contributed by atoms with Gasteiger partial charge in [0, 0.05) is 36.1 Å². The number of hydrogen-bond acceptors (Lipinski definition) is 5. The molecule has 0 saturated heterocycles. The average molecular weight is 246 g/mol. The van der Waals surface area contributed by atoms with Gasteiger partial charge in [0.25, 0.3) is 0 Å². The lowest BCUT2D eigenvalue weighted by Crippen LogP contribution is -2.00. The molecule has 5 heteroatoms. The van der Waals surface area contributed by atoms with E-state index < -0.39 is 0 Å². The summed E-state index contributed by atoms with van der Waals surface area (Å²) in [6, 6.07) is 5.90. The van der Waals surface area contributed by atoms with Gasteiger partial charge in [-0.25, -0.2) is 9.97 Å². The summed E-state index contributed by atoms with van der Waals surface area (Å²) in [5.74, 6) is 2.47. The lowest BCUT2D eigenvalue weighted by molar-refractivity contribution is 0.996. The molecule has 0 aliphatic carbocycles. The second kappa shape index (κ2) is 5.63. The molecule has 0 unspecified atom stereocenters. The highest BCUT2D eigenvalue weighted by Gasteiger charge is 2.02. The molecule has 1 N–H and O–H groups in total.